The molecule has 3 aromatic rings. The lowest BCUT2D eigenvalue weighted by Gasteiger charge is -2.38. The van der Waals surface area contributed by atoms with Gasteiger partial charge >= 0.3 is 0 Å². The number of aromatic nitrogens is 1. The number of nitrogens with zero attached hydrogens (tertiary/aromatic N) is 2. The van der Waals surface area contributed by atoms with E-state index in [1.807, 2.05) is 12.3 Å². The molecule has 2 aromatic carbocycles. The number of benzene rings is 2. The Bertz CT molecular complexity index is 1350. The molecule has 1 unspecified atom stereocenters. The molecule has 3 aliphatic heterocycles. The van der Waals surface area contributed by atoms with E-state index in [4.69, 9.17) is 10.5 Å². The molecule has 3 aliphatic rings. The molecule has 3 N–H and O–H groups in total. The number of likely N-dealkylation sites (tertiary alicyclic amines) is 1. The Morgan fingerprint density at radius 1 is 1.22 bits per heavy atom. The van der Waals surface area contributed by atoms with Gasteiger partial charge in [0.05, 0.1) is 6.61 Å². The number of carbonyl (C=O) groups excluding carboxylic acids is 3. The number of hydrogen-bond donors (Lipinski definition) is 2. The summed E-state index contributed by atoms with van der Waals surface area (Å²) in [4.78, 5) is 43.3. The van der Waals surface area contributed by atoms with Crippen LogP contribution in [0.1, 0.15) is 52.7 Å². The molecule has 0 aliphatic carbocycles. The summed E-state index contributed by atoms with van der Waals surface area (Å²) >= 11 is 0. The van der Waals surface area contributed by atoms with Gasteiger partial charge < -0.3 is 25.1 Å². The molecular weight excluding hydrogens is 456 g/mol. The van der Waals surface area contributed by atoms with Crippen molar-refractivity contribution in [1.82, 2.24) is 14.8 Å². The molecular formula is C28H30N4O4. The molecule has 186 valence electrons. The van der Waals surface area contributed by atoms with Crippen LogP contribution in [-0.2, 0) is 28.1 Å². The van der Waals surface area contributed by atoms with Crippen LogP contribution in [0.4, 0.5) is 0 Å². The van der Waals surface area contributed by atoms with Crippen LogP contribution in [0, 0.1) is 0 Å². The van der Waals surface area contributed by atoms with E-state index in [2.05, 4.69) is 40.2 Å². The summed E-state index contributed by atoms with van der Waals surface area (Å²) < 4.78 is 6.14. The first kappa shape index (κ1) is 22.8. The van der Waals surface area contributed by atoms with Crippen molar-refractivity contribution in [3.8, 4) is 5.75 Å². The first-order chi connectivity index (χ1) is 17.5. The Kier molecular flexibility index (Phi) is 5.56. The highest BCUT2D eigenvalue weighted by Gasteiger charge is 2.45. The van der Waals surface area contributed by atoms with E-state index < -0.39 is 11.9 Å². The van der Waals surface area contributed by atoms with Crippen LogP contribution in [-0.4, -0.2) is 58.6 Å². The van der Waals surface area contributed by atoms with Crippen LogP contribution in [0.25, 0.3) is 10.9 Å². The van der Waals surface area contributed by atoms with Crippen molar-refractivity contribution in [2.24, 2.45) is 5.73 Å². The third-order valence-electron chi connectivity index (χ3n) is 8.27. The summed E-state index contributed by atoms with van der Waals surface area (Å²) in [5.41, 5.74) is 10.7. The molecule has 1 aromatic heterocycles. The zero-order chi connectivity index (χ0) is 24.9. The predicted molar refractivity (Wildman–Crippen MR) is 135 cm³/mol. The lowest BCUT2D eigenvalue weighted by atomic mass is 9.73. The maximum absolute atomic E-state index is 13.1. The number of H-pyrrole nitrogens is 1. The predicted octanol–water partition coefficient (Wildman–Crippen LogP) is 2.88. The standard InChI is InChI=1S/C28H30N4O4/c29-26(34)24(5-2-12-33)32-16-19-13-22-25(14-21(19)27(32)35)36-17-28(22)7-10-31(11-8-28)15-18-3-1-4-23-20(18)6-9-30-23/h1,3-4,6,9,12-14,24,30H,2,5,7-8,10-11,15-17H2,(H2,29,34). The van der Waals surface area contributed by atoms with Crippen molar-refractivity contribution in [2.45, 2.75) is 50.2 Å². The number of hydrogen-bond acceptors (Lipinski definition) is 5. The lowest BCUT2D eigenvalue weighted by molar-refractivity contribution is -0.122. The highest BCUT2D eigenvalue weighted by atomic mass is 16.5. The van der Waals surface area contributed by atoms with Gasteiger partial charge in [-0.05, 0) is 67.7 Å². The number of aromatic amines is 1. The minimum atomic E-state index is -0.785. The fourth-order valence-corrected chi connectivity index (χ4v) is 6.20. The number of nitrogens with two attached hydrogens (primary N) is 1. The molecule has 8 heteroatoms. The second-order valence-corrected chi connectivity index (χ2v) is 10.3. The smallest absolute Gasteiger partial charge is 0.255 e. The molecule has 6 rings (SSSR count). The van der Waals surface area contributed by atoms with Gasteiger partial charge in [-0.25, -0.2) is 0 Å². The minimum absolute atomic E-state index is 0.0575. The van der Waals surface area contributed by atoms with Crippen molar-refractivity contribution in [2.75, 3.05) is 19.7 Å². The van der Waals surface area contributed by atoms with Crippen molar-refractivity contribution >= 4 is 29.0 Å². The van der Waals surface area contributed by atoms with Crippen molar-refractivity contribution in [1.29, 1.82) is 0 Å². The average molecular weight is 487 g/mol. The molecule has 8 nitrogen and oxygen atoms in total. The van der Waals surface area contributed by atoms with E-state index >= 15 is 0 Å². The van der Waals surface area contributed by atoms with Gasteiger partial charge in [0.25, 0.3) is 5.91 Å². The van der Waals surface area contributed by atoms with Gasteiger partial charge in [-0.3, -0.25) is 14.5 Å². The molecule has 4 heterocycles. The molecule has 0 bridgehead atoms. The second-order valence-electron chi connectivity index (χ2n) is 10.3. The minimum Gasteiger partial charge on any atom is -0.492 e. The van der Waals surface area contributed by atoms with Crippen LogP contribution >= 0.6 is 0 Å². The molecule has 0 saturated carbocycles. The van der Waals surface area contributed by atoms with Crippen molar-refractivity contribution in [3.63, 3.8) is 0 Å². The zero-order valence-corrected chi connectivity index (χ0v) is 20.2. The van der Waals surface area contributed by atoms with Gasteiger partial charge in [0.2, 0.25) is 5.91 Å². The van der Waals surface area contributed by atoms with Gasteiger partial charge in [0.1, 0.15) is 18.1 Å². The quantitative estimate of drug-likeness (QED) is 0.499. The molecule has 36 heavy (non-hydrogen) atoms. The highest BCUT2D eigenvalue weighted by Crippen LogP contribution is 2.48. The Balaban J connectivity index is 1.19. The summed E-state index contributed by atoms with van der Waals surface area (Å²) in [7, 11) is 0. The average Bonchev–Trinajstić information content (AvgIpc) is 3.57. The highest BCUT2D eigenvalue weighted by molar-refractivity contribution is 6.01. The topological polar surface area (TPSA) is 109 Å². The number of amides is 2. The monoisotopic (exact) mass is 486 g/mol. The summed E-state index contributed by atoms with van der Waals surface area (Å²) in [6, 6.07) is 11.7. The first-order valence-corrected chi connectivity index (χ1v) is 12.6. The van der Waals surface area contributed by atoms with Crippen molar-refractivity contribution in [3.05, 3.63) is 64.8 Å². The van der Waals surface area contributed by atoms with Crippen LogP contribution in [0.2, 0.25) is 0 Å². The number of rotatable bonds is 7. The third kappa shape index (κ3) is 3.67. The van der Waals surface area contributed by atoms with E-state index in [1.165, 1.54) is 26.9 Å². The molecule has 1 saturated heterocycles. The van der Waals surface area contributed by atoms with Crippen LogP contribution < -0.4 is 10.5 Å². The Labute approximate surface area is 209 Å². The normalized spacial score (nSPS) is 19.3. The zero-order valence-electron chi connectivity index (χ0n) is 20.2. The van der Waals surface area contributed by atoms with Gasteiger partial charge in [0.15, 0.2) is 0 Å². The van der Waals surface area contributed by atoms with E-state index in [0.29, 0.717) is 18.7 Å². The number of carbonyl (C=O) groups is 3. The Morgan fingerprint density at radius 3 is 2.83 bits per heavy atom. The van der Waals surface area contributed by atoms with E-state index in [-0.39, 0.29) is 24.2 Å². The number of aldehydes is 1. The summed E-state index contributed by atoms with van der Waals surface area (Å²) in [5, 5.41) is 1.28. The summed E-state index contributed by atoms with van der Waals surface area (Å²) in [5.74, 6) is -0.0280. The van der Waals surface area contributed by atoms with Crippen LogP contribution in [0.3, 0.4) is 0 Å². The number of ether oxygens (including phenoxy) is 1. The molecule has 1 atom stereocenters. The summed E-state index contributed by atoms with van der Waals surface area (Å²) in [6.45, 7) is 3.83. The van der Waals surface area contributed by atoms with Gasteiger partial charge in [-0.15, -0.1) is 0 Å². The van der Waals surface area contributed by atoms with Gasteiger partial charge in [-0.2, -0.15) is 0 Å². The van der Waals surface area contributed by atoms with Crippen LogP contribution in [0.15, 0.2) is 42.6 Å². The van der Waals surface area contributed by atoms with Crippen molar-refractivity contribution < 1.29 is 19.1 Å². The SMILES string of the molecule is NC(=O)C(CCC=O)N1Cc2cc3c(cc2C1=O)OCC31CCN(Cc2cccc3[nH]ccc23)CC1. The second kappa shape index (κ2) is 8.78. The summed E-state index contributed by atoms with van der Waals surface area (Å²) in [6.07, 6.45) is 5.15. The lowest BCUT2D eigenvalue weighted by Crippen LogP contribution is -2.44. The third-order valence-corrected chi connectivity index (χ3v) is 8.27. The Hall–Kier alpha value is -3.65. The number of nitrogens with one attached hydrogen (secondary N) is 1. The first-order valence-electron chi connectivity index (χ1n) is 12.6. The molecule has 1 fully saturated rings. The Morgan fingerprint density at radius 2 is 2.06 bits per heavy atom. The number of piperidine rings is 1. The van der Waals surface area contributed by atoms with Gasteiger partial charge in [0, 0.05) is 53.2 Å². The molecule has 2 amide bonds. The fraction of sp³-hybridized carbons (Fsp3) is 0.393. The van der Waals surface area contributed by atoms with Gasteiger partial charge in [-0.1, -0.05) is 12.1 Å². The maximum Gasteiger partial charge on any atom is 0.255 e. The van der Waals surface area contributed by atoms with E-state index in [1.54, 1.807) is 0 Å². The van der Waals surface area contributed by atoms with E-state index in [0.717, 1.165) is 50.1 Å². The number of primary amides is 1. The number of fused-ring (bicyclic) bond motifs is 4. The largest absolute Gasteiger partial charge is 0.492 e. The fourth-order valence-electron chi connectivity index (χ4n) is 6.20. The maximum atomic E-state index is 13.1. The molecule has 0 radical (unpaired) electrons. The van der Waals surface area contributed by atoms with Crippen LogP contribution in [0.5, 0.6) is 5.75 Å². The molecule has 1 spiro atoms. The van der Waals surface area contributed by atoms with E-state index in [9.17, 15) is 14.4 Å².